The Labute approximate surface area is 194 Å². The van der Waals surface area contributed by atoms with Gasteiger partial charge in [-0.2, -0.15) is 0 Å². The number of hydrogen-bond acceptors (Lipinski definition) is 11. The lowest BCUT2D eigenvalue weighted by atomic mass is 9.81. The molecule has 3 atom stereocenters. The lowest BCUT2D eigenvalue weighted by Gasteiger charge is -2.54. The number of rotatable bonds is 6. The van der Waals surface area contributed by atoms with E-state index in [0.29, 0.717) is 21.4 Å². The van der Waals surface area contributed by atoms with E-state index in [1.165, 1.54) is 33.6 Å². The Morgan fingerprint density at radius 2 is 2.25 bits per heavy atom. The molecule has 0 aliphatic carbocycles. The number of nitrogens with zero attached hydrogens (tertiary/aromatic N) is 4. The molecule has 11 nitrogen and oxygen atoms in total. The third-order valence-electron chi connectivity index (χ3n) is 5.19. The Morgan fingerprint density at radius 3 is 2.81 bits per heavy atom. The van der Waals surface area contributed by atoms with Crippen molar-refractivity contribution in [2.75, 3.05) is 5.73 Å². The predicted octanol–water partition coefficient (Wildman–Crippen LogP) is 1.35. The number of carboxylic acids is 1. The number of β-lactam (4-membered cyclic amide) rings is 1. The number of carboxylic acid groups (broad SMARTS) is 1. The Bertz CT molecular complexity index is 1140. The van der Waals surface area contributed by atoms with Gasteiger partial charge in [0.2, 0.25) is 11.8 Å². The minimum Gasteiger partial charge on any atom is -0.480 e. The standard InChI is InChI=1S/C18H18N6O5S3/c1-8-10(31-7-20-8)2-3-18(16(27)28)14(22-11(25)4-9-6-30-17(19)21-9)24-12(26)5-13(24)32-15(18)23-29/h2-3,6-7,13-14,29H,4-5H2,1H3,(H2,19,21)(H,22,25)(H,27,28)/t13-,14?,18?/m1/s1. The number of aromatic nitrogens is 2. The van der Waals surface area contributed by atoms with E-state index < -0.39 is 28.8 Å². The second-order valence-corrected chi connectivity index (χ2v) is 10.1. The molecule has 2 saturated heterocycles. The van der Waals surface area contributed by atoms with Gasteiger partial charge in [-0.1, -0.05) is 23.0 Å². The number of nitrogen functional groups attached to an aromatic ring is 1. The van der Waals surface area contributed by atoms with Crippen molar-refractivity contribution < 1.29 is 24.7 Å². The molecule has 2 amide bonds. The SMILES string of the molecule is Cc1ncsc1C=CC1(C(=O)O)C(=NO)S[C@@H]2CC(=O)N2C1NC(=O)Cc1csc(N)n1. The van der Waals surface area contributed by atoms with Gasteiger partial charge in [0.15, 0.2) is 10.5 Å². The van der Waals surface area contributed by atoms with Gasteiger partial charge in [0.25, 0.3) is 0 Å². The summed E-state index contributed by atoms with van der Waals surface area (Å²) in [5, 5.41) is 27.3. The zero-order valence-electron chi connectivity index (χ0n) is 16.6. The van der Waals surface area contributed by atoms with Gasteiger partial charge in [-0.15, -0.1) is 22.7 Å². The number of amides is 2. The Kier molecular flexibility index (Phi) is 5.92. The normalized spacial score (nSPS) is 26.2. The van der Waals surface area contributed by atoms with Crippen molar-refractivity contribution >= 4 is 68.5 Å². The number of oxime groups is 1. The maximum Gasteiger partial charge on any atom is 0.324 e. The largest absolute Gasteiger partial charge is 0.480 e. The van der Waals surface area contributed by atoms with E-state index in [1.807, 2.05) is 0 Å². The molecular formula is C18H18N6O5S3. The molecule has 4 rings (SSSR count). The van der Waals surface area contributed by atoms with E-state index in [-0.39, 0.29) is 23.8 Å². The predicted molar refractivity (Wildman–Crippen MR) is 120 cm³/mol. The molecule has 2 aliphatic heterocycles. The minimum absolute atomic E-state index is 0.125. The molecule has 0 bridgehead atoms. The van der Waals surface area contributed by atoms with Crippen molar-refractivity contribution in [2.45, 2.75) is 31.3 Å². The lowest BCUT2D eigenvalue weighted by molar-refractivity contribution is -0.157. The number of carbonyl (C=O) groups excluding carboxylic acids is 2. The number of nitrogens with two attached hydrogens (primary N) is 1. The van der Waals surface area contributed by atoms with Gasteiger partial charge in [-0.05, 0) is 13.0 Å². The summed E-state index contributed by atoms with van der Waals surface area (Å²) in [6.45, 7) is 1.77. The summed E-state index contributed by atoms with van der Waals surface area (Å²) in [5.41, 5.74) is 6.34. The number of nitrogens with one attached hydrogen (secondary N) is 1. The fraction of sp³-hybridized carbons (Fsp3) is 0.333. The van der Waals surface area contributed by atoms with Crippen LogP contribution < -0.4 is 11.1 Å². The molecule has 168 valence electrons. The molecule has 0 radical (unpaired) electrons. The first-order valence-corrected chi connectivity index (χ1v) is 11.9. The highest BCUT2D eigenvalue weighted by molar-refractivity contribution is 8.14. The van der Waals surface area contributed by atoms with Crippen LogP contribution in [0.15, 0.2) is 22.1 Å². The number of thioether (sulfide) groups is 1. The Balaban J connectivity index is 1.74. The van der Waals surface area contributed by atoms with Gasteiger partial charge in [0.1, 0.15) is 11.2 Å². The molecule has 0 aromatic carbocycles. The maximum atomic E-state index is 12.8. The summed E-state index contributed by atoms with van der Waals surface area (Å²) in [5.74, 6) is -2.23. The molecule has 0 spiro atoms. The van der Waals surface area contributed by atoms with Crippen molar-refractivity contribution in [2.24, 2.45) is 10.6 Å². The van der Waals surface area contributed by atoms with Crippen LogP contribution in [0.3, 0.4) is 0 Å². The second kappa shape index (κ2) is 8.52. The Morgan fingerprint density at radius 1 is 1.47 bits per heavy atom. The zero-order valence-corrected chi connectivity index (χ0v) is 19.0. The number of thiazole rings is 2. The van der Waals surface area contributed by atoms with Crippen LogP contribution in [0.5, 0.6) is 0 Å². The quantitative estimate of drug-likeness (QED) is 0.263. The van der Waals surface area contributed by atoms with Crippen LogP contribution in [0.25, 0.3) is 6.08 Å². The van der Waals surface area contributed by atoms with Gasteiger partial charge in [0.05, 0.1) is 35.1 Å². The van der Waals surface area contributed by atoms with Gasteiger partial charge in [-0.25, -0.2) is 9.97 Å². The van der Waals surface area contributed by atoms with Crippen molar-refractivity contribution in [3.63, 3.8) is 0 Å². The van der Waals surface area contributed by atoms with Crippen molar-refractivity contribution in [1.29, 1.82) is 0 Å². The van der Waals surface area contributed by atoms with Crippen LogP contribution in [0.2, 0.25) is 0 Å². The first kappa shape index (κ1) is 22.2. The maximum absolute atomic E-state index is 12.8. The van der Waals surface area contributed by atoms with Gasteiger partial charge < -0.3 is 26.3 Å². The molecule has 14 heteroatoms. The second-order valence-electron chi connectivity index (χ2n) is 7.12. The molecule has 2 aliphatic rings. The lowest BCUT2D eigenvalue weighted by Crippen LogP contribution is -2.73. The molecule has 4 heterocycles. The number of anilines is 1. The summed E-state index contributed by atoms with van der Waals surface area (Å²) in [4.78, 5) is 48.1. The highest BCUT2D eigenvalue weighted by Gasteiger charge is 2.62. The topological polar surface area (TPSA) is 171 Å². The Hall–Kier alpha value is -2.97. The third kappa shape index (κ3) is 3.73. The highest BCUT2D eigenvalue weighted by atomic mass is 32.2. The average Bonchev–Trinajstić information content (AvgIpc) is 3.33. The van der Waals surface area contributed by atoms with E-state index in [1.54, 1.807) is 23.9 Å². The number of hydrogen-bond donors (Lipinski definition) is 4. The number of carbonyl (C=O) groups is 3. The van der Waals surface area contributed by atoms with E-state index in [2.05, 4.69) is 20.4 Å². The van der Waals surface area contributed by atoms with Crippen molar-refractivity contribution in [3.05, 3.63) is 33.2 Å². The molecule has 0 saturated carbocycles. The van der Waals surface area contributed by atoms with Gasteiger partial charge in [0, 0.05) is 10.3 Å². The van der Waals surface area contributed by atoms with Crippen LogP contribution in [-0.4, -0.2) is 59.5 Å². The first-order valence-electron chi connectivity index (χ1n) is 9.28. The fourth-order valence-electron chi connectivity index (χ4n) is 3.55. The van der Waals surface area contributed by atoms with E-state index in [4.69, 9.17) is 5.73 Å². The van der Waals surface area contributed by atoms with Gasteiger partial charge in [-0.3, -0.25) is 14.4 Å². The van der Waals surface area contributed by atoms with Crippen LogP contribution in [0.4, 0.5) is 5.13 Å². The average molecular weight is 495 g/mol. The van der Waals surface area contributed by atoms with Crippen molar-refractivity contribution in [1.82, 2.24) is 20.2 Å². The van der Waals surface area contributed by atoms with Crippen LogP contribution in [-0.2, 0) is 20.8 Å². The summed E-state index contributed by atoms with van der Waals surface area (Å²) >= 11 is 3.47. The van der Waals surface area contributed by atoms with Crippen molar-refractivity contribution in [3.8, 4) is 0 Å². The summed E-state index contributed by atoms with van der Waals surface area (Å²) in [7, 11) is 0. The molecule has 2 unspecified atom stereocenters. The fourth-order valence-corrected chi connectivity index (χ4v) is 6.16. The number of fused-ring (bicyclic) bond motifs is 1. The first-order chi connectivity index (χ1) is 15.3. The van der Waals surface area contributed by atoms with Crippen LogP contribution in [0, 0.1) is 12.3 Å². The van der Waals surface area contributed by atoms with Gasteiger partial charge >= 0.3 is 5.97 Å². The smallest absolute Gasteiger partial charge is 0.324 e. The van der Waals surface area contributed by atoms with Crippen LogP contribution in [0.1, 0.15) is 22.7 Å². The molecule has 2 fully saturated rings. The molecule has 2 aromatic heterocycles. The minimum atomic E-state index is -2.00. The van der Waals surface area contributed by atoms with E-state index >= 15 is 0 Å². The summed E-state index contributed by atoms with van der Waals surface area (Å²) in [6.07, 6.45) is 1.59. The zero-order chi connectivity index (χ0) is 23.0. The summed E-state index contributed by atoms with van der Waals surface area (Å²) < 4.78 is 0. The number of aryl methyl sites for hydroxylation is 1. The molecular weight excluding hydrogens is 476 g/mol. The van der Waals surface area contributed by atoms with E-state index in [0.717, 1.165) is 11.8 Å². The monoisotopic (exact) mass is 494 g/mol. The van der Waals surface area contributed by atoms with Crippen LogP contribution >= 0.6 is 34.4 Å². The number of aliphatic carboxylic acids is 1. The summed E-state index contributed by atoms with van der Waals surface area (Å²) in [6, 6.07) is 0. The third-order valence-corrected chi connectivity index (χ3v) is 8.12. The van der Waals surface area contributed by atoms with E-state index in [9.17, 15) is 24.7 Å². The molecule has 32 heavy (non-hydrogen) atoms. The molecule has 2 aromatic rings. The molecule has 5 N–H and O–H groups in total. The highest BCUT2D eigenvalue weighted by Crippen LogP contribution is 2.48.